The molecule has 5 aromatic rings. The van der Waals surface area contributed by atoms with Crippen molar-refractivity contribution in [3.05, 3.63) is 89.3 Å². The number of anilines is 2. The van der Waals surface area contributed by atoms with Crippen molar-refractivity contribution in [2.24, 2.45) is 7.05 Å². The van der Waals surface area contributed by atoms with Crippen LogP contribution >= 0.6 is 11.3 Å². The Hall–Kier alpha value is -4.58. The first-order valence-electron chi connectivity index (χ1n) is 13.7. The number of hydrogen-bond acceptors (Lipinski definition) is 7. The molecular weight excluding hydrogens is 552 g/mol. The zero-order valence-corrected chi connectivity index (χ0v) is 23.9. The topological polar surface area (TPSA) is 118 Å². The smallest absolute Gasteiger partial charge is 0.274 e. The Labute approximate surface area is 246 Å². The van der Waals surface area contributed by atoms with Gasteiger partial charge in [-0.1, -0.05) is 24.3 Å². The molecule has 0 aliphatic carbocycles. The van der Waals surface area contributed by atoms with Gasteiger partial charge in [-0.25, -0.2) is 0 Å². The van der Waals surface area contributed by atoms with E-state index >= 15 is 0 Å². The number of carbonyl (C=O) groups is 3. The lowest BCUT2D eigenvalue weighted by Gasteiger charge is -2.26. The van der Waals surface area contributed by atoms with E-state index in [0.717, 1.165) is 53.7 Å². The van der Waals surface area contributed by atoms with Crippen LogP contribution in [0.2, 0.25) is 0 Å². The van der Waals surface area contributed by atoms with E-state index in [1.165, 1.54) is 11.3 Å². The van der Waals surface area contributed by atoms with Crippen LogP contribution in [0.5, 0.6) is 0 Å². The molecule has 0 unspecified atom stereocenters. The molecule has 1 aliphatic rings. The molecule has 3 amide bonds. The summed E-state index contributed by atoms with van der Waals surface area (Å²) in [6.45, 7) is 4.60. The Bertz CT molecular complexity index is 1790. The van der Waals surface area contributed by atoms with Gasteiger partial charge in [-0.2, -0.15) is 0 Å². The third-order valence-electron chi connectivity index (χ3n) is 7.17. The fraction of sp³-hybridized carbons (Fsp3) is 0.226. The molecule has 1 saturated heterocycles. The largest absolute Gasteiger partial charge is 0.379 e. The van der Waals surface area contributed by atoms with Crippen molar-refractivity contribution in [3.8, 4) is 0 Å². The van der Waals surface area contributed by atoms with E-state index in [0.29, 0.717) is 28.5 Å². The highest BCUT2D eigenvalue weighted by Gasteiger charge is 2.17. The van der Waals surface area contributed by atoms with Crippen LogP contribution < -0.4 is 16.0 Å². The second-order valence-electron chi connectivity index (χ2n) is 10.1. The number of hydrogen-bond donors (Lipinski definition) is 3. The third-order valence-corrected chi connectivity index (χ3v) is 8.29. The number of carbonyl (C=O) groups excluding carboxylic acids is 3. The SMILES string of the molecule is Cn1cc(NC(=O)c2cc3ccccc3cn2)cc1C(=O)Nc1ccc2sc(C(=O)NCCN3CCOCC3)cc2c1. The van der Waals surface area contributed by atoms with Crippen LogP contribution in [0.15, 0.2) is 73.1 Å². The Morgan fingerprint density at radius 2 is 1.67 bits per heavy atom. The van der Waals surface area contributed by atoms with Gasteiger partial charge in [0.25, 0.3) is 17.7 Å². The van der Waals surface area contributed by atoms with E-state index in [1.807, 2.05) is 48.5 Å². The van der Waals surface area contributed by atoms with E-state index in [1.54, 1.807) is 36.1 Å². The standard InChI is InChI=1S/C31H30N6O4S/c1-36-19-24(35-29(38)25-15-20-4-2-3-5-21(20)18-33-25)17-26(36)30(39)34-23-6-7-27-22(14-23)16-28(42-27)31(40)32-8-9-37-10-12-41-13-11-37/h2-7,14-19H,8-13H2,1H3,(H,32,40)(H,34,39)(H,35,38). The molecule has 3 N–H and O–H groups in total. The fourth-order valence-corrected chi connectivity index (χ4v) is 5.89. The Balaban J connectivity index is 1.08. The maximum atomic E-state index is 13.1. The predicted octanol–water partition coefficient (Wildman–Crippen LogP) is 4.35. The fourth-order valence-electron chi connectivity index (χ4n) is 4.93. The Morgan fingerprint density at radius 3 is 2.50 bits per heavy atom. The number of amides is 3. The molecule has 1 fully saturated rings. The van der Waals surface area contributed by atoms with Crippen molar-refractivity contribution < 1.29 is 19.1 Å². The summed E-state index contributed by atoms with van der Waals surface area (Å²) in [5.74, 6) is -0.785. The third kappa shape index (κ3) is 6.18. The van der Waals surface area contributed by atoms with Crippen molar-refractivity contribution in [3.63, 3.8) is 0 Å². The van der Waals surface area contributed by atoms with E-state index in [9.17, 15) is 14.4 Å². The highest BCUT2D eigenvalue weighted by molar-refractivity contribution is 7.20. The van der Waals surface area contributed by atoms with Gasteiger partial charge in [0.2, 0.25) is 0 Å². The molecule has 10 nitrogen and oxygen atoms in total. The molecule has 214 valence electrons. The Kier molecular flexibility index (Phi) is 7.95. The first-order chi connectivity index (χ1) is 20.4. The lowest BCUT2D eigenvalue weighted by Crippen LogP contribution is -2.41. The number of thiophene rings is 1. The first-order valence-corrected chi connectivity index (χ1v) is 14.5. The average Bonchev–Trinajstić information content (AvgIpc) is 3.60. The number of nitrogens with one attached hydrogen (secondary N) is 3. The van der Waals surface area contributed by atoms with E-state index < -0.39 is 0 Å². The van der Waals surface area contributed by atoms with Crippen LogP contribution in [0.4, 0.5) is 11.4 Å². The molecule has 0 radical (unpaired) electrons. The van der Waals surface area contributed by atoms with Crippen LogP contribution in [0.3, 0.4) is 0 Å². The highest BCUT2D eigenvalue weighted by Crippen LogP contribution is 2.28. The van der Waals surface area contributed by atoms with Gasteiger partial charge in [-0.3, -0.25) is 24.3 Å². The van der Waals surface area contributed by atoms with Crippen molar-refractivity contribution in [2.75, 3.05) is 50.0 Å². The molecule has 42 heavy (non-hydrogen) atoms. The normalized spacial score (nSPS) is 13.7. The molecule has 0 atom stereocenters. The van der Waals surface area contributed by atoms with E-state index in [2.05, 4.69) is 25.8 Å². The van der Waals surface area contributed by atoms with Gasteiger partial charge < -0.3 is 25.3 Å². The molecular formula is C31H30N6O4S. The van der Waals surface area contributed by atoms with Crippen molar-refractivity contribution >= 4 is 61.3 Å². The minimum absolute atomic E-state index is 0.104. The number of morpholine rings is 1. The molecule has 4 heterocycles. The number of aryl methyl sites for hydroxylation is 1. The number of pyridine rings is 1. The molecule has 2 aromatic carbocycles. The predicted molar refractivity (Wildman–Crippen MR) is 164 cm³/mol. The second-order valence-corrected chi connectivity index (χ2v) is 11.2. The minimum atomic E-state index is -0.359. The number of nitrogens with zero attached hydrogens (tertiary/aromatic N) is 3. The summed E-state index contributed by atoms with van der Waals surface area (Å²) >= 11 is 1.42. The minimum Gasteiger partial charge on any atom is -0.379 e. The van der Waals surface area contributed by atoms with Crippen LogP contribution in [0, 0.1) is 0 Å². The summed E-state index contributed by atoms with van der Waals surface area (Å²) in [7, 11) is 1.74. The number of aromatic nitrogens is 2. The van der Waals surface area contributed by atoms with E-state index in [-0.39, 0.29) is 23.4 Å². The highest BCUT2D eigenvalue weighted by atomic mass is 32.1. The lowest BCUT2D eigenvalue weighted by atomic mass is 10.1. The number of benzene rings is 2. The first kappa shape index (κ1) is 27.6. The summed E-state index contributed by atoms with van der Waals surface area (Å²) in [4.78, 5) is 45.8. The molecule has 0 saturated carbocycles. The molecule has 1 aliphatic heterocycles. The average molecular weight is 583 g/mol. The zero-order chi connectivity index (χ0) is 29.1. The summed E-state index contributed by atoms with van der Waals surface area (Å²) in [5.41, 5.74) is 1.76. The quantitative estimate of drug-likeness (QED) is 0.250. The molecule has 0 bridgehead atoms. The maximum Gasteiger partial charge on any atom is 0.274 e. The van der Waals surface area contributed by atoms with Gasteiger partial charge in [0.05, 0.1) is 23.8 Å². The van der Waals surface area contributed by atoms with Gasteiger partial charge in [0, 0.05) is 61.4 Å². The van der Waals surface area contributed by atoms with Gasteiger partial charge in [0.15, 0.2) is 0 Å². The second kappa shape index (κ2) is 12.1. The molecule has 11 heteroatoms. The summed E-state index contributed by atoms with van der Waals surface area (Å²) < 4.78 is 7.97. The summed E-state index contributed by atoms with van der Waals surface area (Å²) in [6.07, 6.45) is 3.35. The van der Waals surface area contributed by atoms with Gasteiger partial charge in [-0.05, 0) is 47.2 Å². The van der Waals surface area contributed by atoms with Crippen LogP contribution in [-0.4, -0.2) is 71.6 Å². The molecule has 6 rings (SSSR count). The van der Waals surface area contributed by atoms with E-state index in [4.69, 9.17) is 4.74 Å². The Morgan fingerprint density at radius 1 is 0.881 bits per heavy atom. The van der Waals surface area contributed by atoms with Gasteiger partial charge in [-0.15, -0.1) is 11.3 Å². The summed E-state index contributed by atoms with van der Waals surface area (Å²) in [5, 5.41) is 11.5. The zero-order valence-electron chi connectivity index (χ0n) is 23.1. The number of rotatable bonds is 8. The number of ether oxygens (including phenoxy) is 1. The van der Waals surface area contributed by atoms with Crippen molar-refractivity contribution in [1.82, 2.24) is 19.8 Å². The van der Waals surface area contributed by atoms with Crippen molar-refractivity contribution in [1.29, 1.82) is 0 Å². The van der Waals surface area contributed by atoms with Gasteiger partial charge in [0.1, 0.15) is 11.4 Å². The van der Waals surface area contributed by atoms with Gasteiger partial charge >= 0.3 is 0 Å². The van der Waals surface area contributed by atoms with Crippen LogP contribution in [-0.2, 0) is 11.8 Å². The summed E-state index contributed by atoms with van der Waals surface area (Å²) in [6, 6.07) is 18.5. The molecule has 3 aromatic heterocycles. The van der Waals surface area contributed by atoms with Crippen molar-refractivity contribution in [2.45, 2.75) is 0 Å². The van der Waals surface area contributed by atoms with Crippen LogP contribution in [0.25, 0.3) is 20.9 Å². The van der Waals surface area contributed by atoms with Crippen LogP contribution in [0.1, 0.15) is 30.6 Å². The number of fused-ring (bicyclic) bond motifs is 2. The lowest BCUT2D eigenvalue weighted by molar-refractivity contribution is 0.0383. The molecule has 0 spiro atoms. The monoisotopic (exact) mass is 582 g/mol. The maximum absolute atomic E-state index is 13.1.